The molecular weight excluding hydrogens is 486 g/mol. The highest BCUT2D eigenvalue weighted by atomic mass is 32.2. The summed E-state index contributed by atoms with van der Waals surface area (Å²) < 4.78 is 28.0. The summed E-state index contributed by atoms with van der Waals surface area (Å²) in [4.78, 5) is 23.8. The maximum absolute atomic E-state index is 13.7. The number of thiophene rings is 1. The first kappa shape index (κ1) is 24.0. The smallest absolute Gasteiger partial charge is 0.266 e. The lowest BCUT2D eigenvalue weighted by Crippen LogP contribution is -2.38. The van der Waals surface area contributed by atoms with Crippen LogP contribution in [-0.2, 0) is 10.0 Å². The molecule has 2 aliphatic rings. The fourth-order valence-electron chi connectivity index (χ4n) is 5.04. The number of nitrogens with one attached hydrogen (secondary N) is 1. The highest BCUT2D eigenvalue weighted by Crippen LogP contribution is 2.36. The van der Waals surface area contributed by atoms with Gasteiger partial charge in [-0.25, -0.2) is 17.9 Å². The number of aryl methyl sites for hydroxylation is 2. The number of hydrogen-bond acceptors (Lipinski definition) is 8. The Labute approximate surface area is 209 Å². The second-order valence-corrected chi connectivity index (χ2v) is 12.6. The molecular formula is C23H31N7O3S2. The van der Waals surface area contributed by atoms with Gasteiger partial charge in [0.25, 0.3) is 5.91 Å². The normalized spacial score (nSPS) is 21.1. The quantitative estimate of drug-likeness (QED) is 0.533. The van der Waals surface area contributed by atoms with Crippen LogP contribution in [0.5, 0.6) is 0 Å². The maximum Gasteiger partial charge on any atom is 0.266 e. The van der Waals surface area contributed by atoms with E-state index in [1.165, 1.54) is 11.3 Å². The number of piperidine rings is 1. The molecule has 5 rings (SSSR count). The summed E-state index contributed by atoms with van der Waals surface area (Å²) in [7, 11) is -3.50. The van der Waals surface area contributed by atoms with Crippen LogP contribution in [0.3, 0.4) is 0 Å². The van der Waals surface area contributed by atoms with Gasteiger partial charge in [-0.05, 0) is 57.2 Å². The van der Waals surface area contributed by atoms with Crippen molar-refractivity contribution in [3.63, 3.8) is 0 Å². The third-order valence-electron chi connectivity index (χ3n) is 6.61. The van der Waals surface area contributed by atoms with Gasteiger partial charge in [-0.15, -0.1) is 16.4 Å². The van der Waals surface area contributed by atoms with E-state index >= 15 is 0 Å². The first-order chi connectivity index (χ1) is 16.6. The molecule has 0 bridgehead atoms. The molecule has 0 radical (unpaired) electrons. The van der Waals surface area contributed by atoms with E-state index in [1.807, 2.05) is 31.0 Å². The summed E-state index contributed by atoms with van der Waals surface area (Å²) in [6.07, 6.45) is 6.64. The van der Waals surface area contributed by atoms with Crippen molar-refractivity contribution in [3.05, 3.63) is 39.3 Å². The molecule has 2 atom stereocenters. The van der Waals surface area contributed by atoms with E-state index in [0.717, 1.165) is 72.6 Å². The number of anilines is 2. The molecule has 0 saturated carbocycles. The van der Waals surface area contributed by atoms with Gasteiger partial charge in [0.1, 0.15) is 4.88 Å². The van der Waals surface area contributed by atoms with Crippen molar-refractivity contribution >= 4 is 44.4 Å². The van der Waals surface area contributed by atoms with E-state index in [0.29, 0.717) is 17.1 Å². The van der Waals surface area contributed by atoms with Crippen molar-refractivity contribution in [3.8, 4) is 0 Å². The van der Waals surface area contributed by atoms with Crippen LogP contribution >= 0.6 is 11.3 Å². The van der Waals surface area contributed by atoms with E-state index in [2.05, 4.69) is 9.62 Å². The number of aromatic nitrogens is 3. The first-order valence-corrected chi connectivity index (χ1v) is 14.6. The molecule has 0 spiro atoms. The Balaban J connectivity index is 1.47. The second kappa shape index (κ2) is 9.07. The number of amides is 1. The summed E-state index contributed by atoms with van der Waals surface area (Å²) in [5, 5.41) is 4.84. The third kappa shape index (κ3) is 4.87. The average Bonchev–Trinajstić information content (AvgIpc) is 3.49. The molecule has 0 aliphatic carbocycles. The van der Waals surface area contributed by atoms with Gasteiger partial charge in [-0.3, -0.25) is 9.52 Å². The molecule has 3 aromatic rings. The summed E-state index contributed by atoms with van der Waals surface area (Å²) in [6, 6.07) is 3.70. The Morgan fingerprint density at radius 1 is 1.20 bits per heavy atom. The van der Waals surface area contributed by atoms with Gasteiger partial charge in [0.15, 0.2) is 11.5 Å². The number of fused-ring (bicyclic) bond motifs is 1. The molecule has 2 fully saturated rings. The predicted octanol–water partition coefficient (Wildman–Crippen LogP) is 2.68. The fraction of sp³-hybridized carbons (Fsp3) is 0.522. The Morgan fingerprint density at radius 3 is 2.71 bits per heavy atom. The lowest BCUT2D eigenvalue weighted by Gasteiger charge is -2.34. The van der Waals surface area contributed by atoms with E-state index in [1.54, 1.807) is 10.6 Å². The summed E-state index contributed by atoms with van der Waals surface area (Å²) >= 11 is 1.31. The Morgan fingerprint density at radius 2 is 2.00 bits per heavy atom. The van der Waals surface area contributed by atoms with Gasteiger partial charge >= 0.3 is 0 Å². The number of nitrogens with two attached hydrogens (primary N) is 1. The molecule has 5 heterocycles. The van der Waals surface area contributed by atoms with Crippen molar-refractivity contribution in [2.75, 3.05) is 35.5 Å². The SMILES string of the molecule is Cc1cc(NS(C)(=O)=O)c(C(=O)N2CCCC[C@H]2c2cn3nc(N4CC[C@H](N)C4)c(C)cc3n2)s1. The highest BCUT2D eigenvalue weighted by molar-refractivity contribution is 7.92. The predicted molar refractivity (Wildman–Crippen MR) is 138 cm³/mol. The number of likely N-dealkylation sites (tertiary alicyclic amines) is 1. The zero-order chi connectivity index (χ0) is 24.9. The number of hydrogen-bond donors (Lipinski definition) is 2. The van der Waals surface area contributed by atoms with Crippen molar-refractivity contribution in [2.24, 2.45) is 5.73 Å². The highest BCUT2D eigenvalue weighted by Gasteiger charge is 2.33. The molecule has 1 amide bonds. The van der Waals surface area contributed by atoms with Crippen LogP contribution in [0.25, 0.3) is 5.65 Å². The third-order valence-corrected chi connectivity index (χ3v) is 8.24. The van der Waals surface area contributed by atoms with Gasteiger partial charge in [-0.1, -0.05) is 0 Å². The number of rotatable bonds is 5. The largest absolute Gasteiger partial charge is 0.353 e. The lowest BCUT2D eigenvalue weighted by atomic mass is 9.99. The van der Waals surface area contributed by atoms with Gasteiger partial charge in [0, 0.05) is 30.6 Å². The maximum atomic E-state index is 13.7. The van der Waals surface area contributed by atoms with Gasteiger partial charge in [0.05, 0.1) is 29.9 Å². The Kier molecular flexibility index (Phi) is 6.22. The van der Waals surface area contributed by atoms with Crippen molar-refractivity contribution in [1.29, 1.82) is 0 Å². The van der Waals surface area contributed by atoms with Gasteiger partial charge in [0.2, 0.25) is 10.0 Å². The molecule has 0 aromatic carbocycles. The average molecular weight is 518 g/mol. The summed E-state index contributed by atoms with van der Waals surface area (Å²) in [5.41, 5.74) is 9.03. The van der Waals surface area contributed by atoms with Crippen molar-refractivity contribution in [2.45, 2.75) is 51.6 Å². The minimum absolute atomic E-state index is 0.162. The Hall–Kier alpha value is -2.70. The van der Waals surface area contributed by atoms with E-state index < -0.39 is 10.0 Å². The molecule has 2 saturated heterocycles. The summed E-state index contributed by atoms with van der Waals surface area (Å²) in [5.74, 6) is 0.739. The molecule has 12 heteroatoms. The van der Waals surface area contributed by atoms with Crippen LogP contribution in [0, 0.1) is 13.8 Å². The Bertz CT molecular complexity index is 1380. The molecule has 3 aromatic heterocycles. The van der Waals surface area contributed by atoms with Crippen LogP contribution in [0.1, 0.15) is 57.5 Å². The zero-order valence-corrected chi connectivity index (χ0v) is 21.8. The van der Waals surface area contributed by atoms with E-state index in [-0.39, 0.29) is 18.0 Å². The number of carbonyl (C=O) groups is 1. The number of sulfonamides is 1. The topological polar surface area (TPSA) is 126 Å². The molecule has 2 aliphatic heterocycles. The first-order valence-electron chi connectivity index (χ1n) is 11.9. The standard InChI is InChI=1S/C23H31N7O3S2/c1-14-10-20-25-18(13-30(20)26-22(14)28-9-7-16(24)12-28)19-6-4-5-8-29(19)23(31)21-17(11-15(2)34-21)27-35(3,32)33/h10-11,13,16,19,27H,4-9,12,24H2,1-3H3/t16-,19-/m0/s1. The van der Waals surface area contributed by atoms with Crippen LogP contribution in [0.2, 0.25) is 0 Å². The molecule has 0 unspecified atom stereocenters. The number of imidazole rings is 1. The van der Waals surface area contributed by atoms with Gasteiger partial charge < -0.3 is 15.5 Å². The van der Waals surface area contributed by atoms with E-state index in [9.17, 15) is 13.2 Å². The van der Waals surface area contributed by atoms with Crippen LogP contribution < -0.4 is 15.4 Å². The van der Waals surface area contributed by atoms with E-state index in [4.69, 9.17) is 15.8 Å². The minimum atomic E-state index is -3.50. The lowest BCUT2D eigenvalue weighted by molar-refractivity contribution is 0.0612. The minimum Gasteiger partial charge on any atom is -0.353 e. The van der Waals surface area contributed by atoms with Crippen molar-refractivity contribution < 1.29 is 13.2 Å². The number of nitrogens with zero attached hydrogens (tertiary/aromatic N) is 5. The molecule has 188 valence electrons. The molecule has 35 heavy (non-hydrogen) atoms. The fourth-order valence-corrected chi connectivity index (χ4v) is 6.58. The van der Waals surface area contributed by atoms with Crippen LogP contribution in [-0.4, -0.2) is 65.8 Å². The van der Waals surface area contributed by atoms with Gasteiger partial charge in [-0.2, -0.15) is 0 Å². The molecule has 3 N–H and O–H groups in total. The second-order valence-electron chi connectivity index (χ2n) is 9.60. The van der Waals surface area contributed by atoms with Crippen LogP contribution in [0.15, 0.2) is 18.3 Å². The molecule has 10 nitrogen and oxygen atoms in total. The zero-order valence-electron chi connectivity index (χ0n) is 20.2. The van der Waals surface area contributed by atoms with Crippen molar-refractivity contribution in [1.82, 2.24) is 19.5 Å². The monoisotopic (exact) mass is 517 g/mol. The number of carbonyl (C=O) groups excluding carboxylic acids is 1. The van der Waals surface area contributed by atoms with Crippen LogP contribution in [0.4, 0.5) is 11.5 Å². The summed E-state index contributed by atoms with van der Waals surface area (Å²) in [6.45, 7) is 6.17.